The maximum Gasteiger partial charge on any atom is 0.178 e. The van der Waals surface area contributed by atoms with Gasteiger partial charge in [-0.2, -0.15) is 0 Å². The molecule has 0 spiro atoms. The molecule has 0 unspecified atom stereocenters. The van der Waals surface area contributed by atoms with Crippen molar-refractivity contribution >= 4 is 27.8 Å². The average Bonchev–Trinajstić information content (AvgIpc) is 3.17. The van der Waals surface area contributed by atoms with E-state index >= 15 is 0 Å². The van der Waals surface area contributed by atoms with Crippen LogP contribution in [-0.4, -0.2) is 18.9 Å². The lowest BCUT2D eigenvalue weighted by molar-refractivity contribution is 0.0972. The first-order valence-corrected chi connectivity index (χ1v) is 8.46. The highest BCUT2D eigenvalue weighted by molar-refractivity contribution is 7.18. The van der Waals surface area contributed by atoms with Crippen molar-refractivity contribution in [2.45, 2.75) is 46.0 Å². The molecule has 0 atom stereocenters. The second-order valence-corrected chi connectivity index (χ2v) is 8.04. The standard InChI is InChI=1S/C16H24N2OS/c1-16(2)6-3-8-18(9-7-16)13-10-12(17)15(20-13)14(19)11-4-5-11/h10-11H,3-9,17H2,1-2H3. The van der Waals surface area contributed by atoms with Gasteiger partial charge in [0.15, 0.2) is 5.78 Å². The second kappa shape index (κ2) is 5.06. The molecule has 2 aliphatic rings. The summed E-state index contributed by atoms with van der Waals surface area (Å²) in [6, 6.07) is 2.01. The van der Waals surface area contributed by atoms with Crippen LogP contribution in [0.25, 0.3) is 0 Å². The molecule has 2 heterocycles. The third kappa shape index (κ3) is 2.85. The number of hydrogen-bond acceptors (Lipinski definition) is 4. The Kier molecular flexibility index (Phi) is 3.53. The van der Waals surface area contributed by atoms with Crippen molar-refractivity contribution in [1.29, 1.82) is 0 Å². The normalized spacial score (nSPS) is 22.6. The van der Waals surface area contributed by atoms with Gasteiger partial charge in [0.05, 0.1) is 15.6 Å². The Hall–Kier alpha value is -1.03. The molecule has 20 heavy (non-hydrogen) atoms. The van der Waals surface area contributed by atoms with E-state index in [0.29, 0.717) is 11.1 Å². The number of carbonyl (C=O) groups is 1. The van der Waals surface area contributed by atoms with E-state index in [1.807, 2.05) is 6.07 Å². The Morgan fingerprint density at radius 3 is 2.80 bits per heavy atom. The number of nitrogens with two attached hydrogens (primary N) is 1. The third-order valence-electron chi connectivity index (χ3n) is 4.57. The Morgan fingerprint density at radius 1 is 1.35 bits per heavy atom. The number of carbonyl (C=O) groups excluding carboxylic acids is 1. The van der Waals surface area contributed by atoms with Crippen LogP contribution in [0.2, 0.25) is 0 Å². The van der Waals surface area contributed by atoms with E-state index in [0.717, 1.165) is 30.8 Å². The topological polar surface area (TPSA) is 46.3 Å². The maximum absolute atomic E-state index is 12.2. The Labute approximate surface area is 125 Å². The second-order valence-electron chi connectivity index (χ2n) is 7.01. The van der Waals surface area contributed by atoms with Crippen LogP contribution in [-0.2, 0) is 0 Å². The van der Waals surface area contributed by atoms with Gasteiger partial charge in [0.2, 0.25) is 0 Å². The Morgan fingerprint density at radius 2 is 2.10 bits per heavy atom. The predicted molar refractivity (Wildman–Crippen MR) is 85.6 cm³/mol. The maximum atomic E-state index is 12.2. The minimum Gasteiger partial charge on any atom is -0.397 e. The van der Waals surface area contributed by atoms with Crippen LogP contribution in [0.5, 0.6) is 0 Å². The SMILES string of the molecule is CC1(C)CCCN(c2cc(N)c(C(=O)C3CC3)s2)CC1. The van der Waals surface area contributed by atoms with E-state index in [1.165, 1.54) is 24.3 Å². The number of nitrogens with zero attached hydrogens (tertiary/aromatic N) is 1. The number of rotatable bonds is 3. The summed E-state index contributed by atoms with van der Waals surface area (Å²) in [5.74, 6) is 0.528. The van der Waals surface area contributed by atoms with Crippen LogP contribution in [0.1, 0.15) is 55.6 Å². The van der Waals surface area contributed by atoms with Crippen molar-refractivity contribution in [3.63, 3.8) is 0 Å². The largest absolute Gasteiger partial charge is 0.397 e. The summed E-state index contributed by atoms with van der Waals surface area (Å²) in [6.07, 6.45) is 5.79. The molecule has 2 N–H and O–H groups in total. The smallest absolute Gasteiger partial charge is 0.178 e. The highest BCUT2D eigenvalue weighted by Crippen LogP contribution is 2.41. The summed E-state index contributed by atoms with van der Waals surface area (Å²) >= 11 is 1.60. The molecular formula is C16H24N2OS. The lowest BCUT2D eigenvalue weighted by atomic mass is 9.85. The molecule has 3 nitrogen and oxygen atoms in total. The van der Waals surface area contributed by atoms with Gasteiger partial charge in [0, 0.05) is 19.0 Å². The number of ketones is 1. The summed E-state index contributed by atoms with van der Waals surface area (Å²) in [5, 5.41) is 1.18. The molecule has 3 rings (SSSR count). The van der Waals surface area contributed by atoms with Crippen molar-refractivity contribution in [2.24, 2.45) is 11.3 Å². The van der Waals surface area contributed by atoms with E-state index in [2.05, 4.69) is 18.7 Å². The Balaban J connectivity index is 1.77. The lowest BCUT2D eigenvalue weighted by Gasteiger charge is -2.23. The molecular weight excluding hydrogens is 268 g/mol. The molecule has 4 heteroatoms. The van der Waals surface area contributed by atoms with E-state index in [1.54, 1.807) is 11.3 Å². The molecule has 0 amide bonds. The van der Waals surface area contributed by atoms with Crippen molar-refractivity contribution < 1.29 is 4.79 Å². The molecule has 1 saturated carbocycles. The van der Waals surface area contributed by atoms with Gasteiger partial charge in [0.25, 0.3) is 0 Å². The summed E-state index contributed by atoms with van der Waals surface area (Å²) in [5.41, 5.74) is 7.19. The van der Waals surface area contributed by atoms with E-state index in [-0.39, 0.29) is 11.7 Å². The van der Waals surface area contributed by atoms with Crippen LogP contribution in [0.15, 0.2) is 6.07 Å². The van der Waals surface area contributed by atoms with Gasteiger partial charge >= 0.3 is 0 Å². The van der Waals surface area contributed by atoms with Crippen LogP contribution in [0.4, 0.5) is 10.7 Å². The van der Waals surface area contributed by atoms with Gasteiger partial charge in [-0.25, -0.2) is 0 Å². The first-order valence-electron chi connectivity index (χ1n) is 7.65. The van der Waals surface area contributed by atoms with Crippen molar-refractivity contribution in [3.05, 3.63) is 10.9 Å². The number of thiophene rings is 1. The number of anilines is 2. The fourth-order valence-electron chi connectivity index (χ4n) is 2.91. The quantitative estimate of drug-likeness (QED) is 0.858. The minimum atomic E-state index is 0.256. The van der Waals surface area contributed by atoms with Crippen LogP contribution < -0.4 is 10.6 Å². The van der Waals surface area contributed by atoms with Crippen LogP contribution in [0.3, 0.4) is 0 Å². The van der Waals surface area contributed by atoms with Crippen molar-refractivity contribution in [2.75, 3.05) is 23.7 Å². The summed E-state index contributed by atoms with van der Waals surface area (Å²) in [6.45, 7) is 6.85. The molecule has 1 aromatic rings. The van der Waals surface area contributed by atoms with Gasteiger partial charge in [-0.15, -0.1) is 11.3 Å². The minimum absolute atomic E-state index is 0.256. The summed E-state index contributed by atoms with van der Waals surface area (Å²) < 4.78 is 0. The van der Waals surface area contributed by atoms with Gasteiger partial charge in [-0.1, -0.05) is 13.8 Å². The summed E-state index contributed by atoms with van der Waals surface area (Å²) in [4.78, 5) is 15.4. The molecule has 2 fully saturated rings. The van der Waals surface area contributed by atoms with Crippen LogP contribution in [0, 0.1) is 11.3 Å². The highest BCUT2D eigenvalue weighted by Gasteiger charge is 2.33. The molecule has 1 aliphatic heterocycles. The number of Topliss-reactive ketones (excluding diaryl/α,β-unsaturated/α-hetero) is 1. The Bertz CT molecular complexity index is 517. The fourth-order valence-corrected chi connectivity index (χ4v) is 4.06. The fraction of sp³-hybridized carbons (Fsp3) is 0.688. The molecule has 110 valence electrons. The van der Waals surface area contributed by atoms with Crippen LogP contribution >= 0.6 is 11.3 Å². The first kappa shape index (κ1) is 13.9. The third-order valence-corrected chi connectivity index (χ3v) is 5.80. The van der Waals surface area contributed by atoms with Gasteiger partial charge in [-0.3, -0.25) is 4.79 Å². The molecule has 0 radical (unpaired) electrons. The molecule has 0 bridgehead atoms. The number of nitrogen functional groups attached to an aromatic ring is 1. The van der Waals surface area contributed by atoms with Crippen molar-refractivity contribution in [1.82, 2.24) is 0 Å². The monoisotopic (exact) mass is 292 g/mol. The van der Waals surface area contributed by atoms with Crippen molar-refractivity contribution in [3.8, 4) is 0 Å². The van der Waals surface area contributed by atoms with E-state index in [4.69, 9.17) is 5.73 Å². The van der Waals surface area contributed by atoms with Gasteiger partial charge in [0.1, 0.15) is 0 Å². The lowest BCUT2D eigenvalue weighted by Crippen LogP contribution is -2.24. The zero-order valence-electron chi connectivity index (χ0n) is 12.4. The molecule has 1 saturated heterocycles. The highest BCUT2D eigenvalue weighted by atomic mass is 32.1. The summed E-state index contributed by atoms with van der Waals surface area (Å²) in [7, 11) is 0. The van der Waals surface area contributed by atoms with Gasteiger partial charge in [-0.05, 0) is 43.6 Å². The predicted octanol–water partition coefficient (Wildman–Crippen LogP) is 3.94. The number of hydrogen-bond donors (Lipinski definition) is 1. The zero-order chi connectivity index (χ0) is 14.3. The first-order chi connectivity index (χ1) is 9.46. The average molecular weight is 292 g/mol. The molecule has 0 aromatic carbocycles. The van der Waals surface area contributed by atoms with Gasteiger partial charge < -0.3 is 10.6 Å². The van der Waals surface area contributed by atoms with E-state index < -0.39 is 0 Å². The zero-order valence-corrected chi connectivity index (χ0v) is 13.3. The molecule has 1 aliphatic carbocycles. The molecule has 1 aromatic heterocycles. The van der Waals surface area contributed by atoms with E-state index in [9.17, 15) is 4.79 Å².